The number of likely N-dealkylation sites (tertiary alicyclic amines) is 1. The molecule has 0 bridgehead atoms. The van der Waals surface area contributed by atoms with Crippen LogP contribution < -0.4 is 0 Å². The van der Waals surface area contributed by atoms with Gasteiger partial charge in [-0.25, -0.2) is 4.39 Å². The van der Waals surface area contributed by atoms with E-state index in [-0.39, 0.29) is 17.8 Å². The molecule has 1 aliphatic rings. The molecule has 0 spiro atoms. The van der Waals surface area contributed by atoms with E-state index < -0.39 is 0 Å². The fraction of sp³-hybridized carbons (Fsp3) is 0.273. The lowest BCUT2D eigenvalue weighted by Gasteiger charge is -2.36. The van der Waals surface area contributed by atoms with E-state index in [0.717, 1.165) is 30.4 Å². The number of aromatic nitrogens is 2. The average molecular weight is 363 g/mol. The predicted octanol–water partition coefficient (Wildman–Crippen LogP) is 4.44. The highest BCUT2D eigenvalue weighted by Gasteiger charge is 2.29. The number of carbonyl (C=O) groups excluding carboxylic acids is 1. The molecule has 0 aliphatic carbocycles. The van der Waals surface area contributed by atoms with Gasteiger partial charge in [0, 0.05) is 24.5 Å². The molecule has 1 aliphatic heterocycles. The second-order valence-electron chi connectivity index (χ2n) is 6.97. The van der Waals surface area contributed by atoms with Crippen molar-refractivity contribution in [3.63, 3.8) is 0 Å². The van der Waals surface area contributed by atoms with E-state index in [9.17, 15) is 9.18 Å². The number of rotatable bonds is 4. The number of hydrogen-bond acceptors (Lipinski definition) is 2. The first-order chi connectivity index (χ1) is 13.2. The standard InChI is InChI=1S/C22H22FN3O/c23-20-9-4-7-18(15-20)21-10-1-2-13-26(21)22(27)19-8-3-6-17(14-19)16-25-12-5-11-24-25/h3-9,11-12,14-15,21H,1-2,10,13,16H2/t21-/m0/s1. The monoisotopic (exact) mass is 363 g/mol. The molecule has 138 valence electrons. The molecule has 4 nitrogen and oxygen atoms in total. The van der Waals surface area contributed by atoms with Gasteiger partial charge in [-0.05, 0) is 60.7 Å². The van der Waals surface area contributed by atoms with Gasteiger partial charge in [0.25, 0.3) is 5.91 Å². The number of hydrogen-bond donors (Lipinski definition) is 0. The molecule has 0 N–H and O–H groups in total. The van der Waals surface area contributed by atoms with Crippen molar-refractivity contribution in [3.05, 3.63) is 89.5 Å². The molecule has 1 amide bonds. The van der Waals surface area contributed by atoms with Gasteiger partial charge in [0.2, 0.25) is 0 Å². The Morgan fingerprint density at radius 2 is 2.00 bits per heavy atom. The Hall–Kier alpha value is -2.95. The summed E-state index contributed by atoms with van der Waals surface area (Å²) in [7, 11) is 0. The lowest BCUT2D eigenvalue weighted by atomic mass is 9.94. The molecule has 1 saturated heterocycles. The largest absolute Gasteiger partial charge is 0.332 e. The van der Waals surface area contributed by atoms with Crippen LogP contribution in [0.1, 0.15) is 46.8 Å². The maximum Gasteiger partial charge on any atom is 0.254 e. The minimum Gasteiger partial charge on any atom is -0.332 e. The minimum atomic E-state index is -0.258. The summed E-state index contributed by atoms with van der Waals surface area (Å²) in [6, 6.07) is 16.1. The van der Waals surface area contributed by atoms with Crippen molar-refractivity contribution < 1.29 is 9.18 Å². The van der Waals surface area contributed by atoms with Crippen molar-refractivity contribution >= 4 is 5.91 Å². The zero-order valence-electron chi connectivity index (χ0n) is 15.1. The third-order valence-corrected chi connectivity index (χ3v) is 5.07. The number of piperidine rings is 1. The van der Waals surface area contributed by atoms with Crippen molar-refractivity contribution in [1.29, 1.82) is 0 Å². The van der Waals surface area contributed by atoms with Gasteiger partial charge < -0.3 is 4.90 Å². The smallest absolute Gasteiger partial charge is 0.254 e. The van der Waals surface area contributed by atoms with Crippen LogP contribution in [-0.2, 0) is 6.54 Å². The first-order valence-electron chi connectivity index (χ1n) is 9.33. The van der Waals surface area contributed by atoms with E-state index in [1.807, 2.05) is 52.2 Å². The Morgan fingerprint density at radius 3 is 2.81 bits per heavy atom. The lowest BCUT2D eigenvalue weighted by Crippen LogP contribution is -2.38. The zero-order chi connectivity index (χ0) is 18.6. The fourth-order valence-corrected chi connectivity index (χ4v) is 3.78. The maximum atomic E-state index is 13.7. The van der Waals surface area contributed by atoms with Gasteiger partial charge in [-0.3, -0.25) is 9.48 Å². The first-order valence-corrected chi connectivity index (χ1v) is 9.33. The van der Waals surface area contributed by atoms with Crippen LogP contribution in [0.25, 0.3) is 0 Å². The number of carbonyl (C=O) groups is 1. The van der Waals surface area contributed by atoms with Crippen LogP contribution in [0.2, 0.25) is 0 Å². The van der Waals surface area contributed by atoms with Gasteiger partial charge in [0.15, 0.2) is 0 Å². The Bertz CT molecular complexity index is 923. The molecule has 0 radical (unpaired) electrons. The van der Waals surface area contributed by atoms with Crippen molar-refractivity contribution in [3.8, 4) is 0 Å². The molecule has 0 unspecified atom stereocenters. The minimum absolute atomic E-state index is 0.00581. The number of halogens is 1. The van der Waals surface area contributed by atoms with Crippen LogP contribution in [0.3, 0.4) is 0 Å². The lowest BCUT2D eigenvalue weighted by molar-refractivity contribution is 0.0611. The summed E-state index contributed by atoms with van der Waals surface area (Å²) in [5.41, 5.74) is 2.57. The molecule has 3 aromatic rings. The third-order valence-electron chi connectivity index (χ3n) is 5.07. The van der Waals surface area contributed by atoms with E-state index in [2.05, 4.69) is 5.10 Å². The molecule has 0 saturated carbocycles. The Balaban J connectivity index is 1.58. The Morgan fingerprint density at radius 1 is 1.11 bits per heavy atom. The van der Waals surface area contributed by atoms with Gasteiger partial charge in [0.05, 0.1) is 12.6 Å². The van der Waals surface area contributed by atoms with Crippen LogP contribution in [0.5, 0.6) is 0 Å². The summed E-state index contributed by atoms with van der Waals surface area (Å²) >= 11 is 0. The average Bonchev–Trinajstić information content (AvgIpc) is 3.21. The number of nitrogens with zero attached hydrogens (tertiary/aromatic N) is 3. The summed E-state index contributed by atoms with van der Waals surface area (Å²) in [6.45, 7) is 1.32. The SMILES string of the molecule is O=C(c1cccc(Cn2cccn2)c1)N1CCCC[C@H]1c1cccc(F)c1. The molecule has 1 aromatic heterocycles. The number of benzene rings is 2. The van der Waals surface area contributed by atoms with Gasteiger partial charge in [0.1, 0.15) is 5.82 Å². The van der Waals surface area contributed by atoms with Crippen molar-refractivity contribution in [2.75, 3.05) is 6.54 Å². The predicted molar refractivity (Wildman–Crippen MR) is 102 cm³/mol. The van der Waals surface area contributed by atoms with Gasteiger partial charge in [-0.1, -0.05) is 24.3 Å². The van der Waals surface area contributed by atoms with E-state index in [1.54, 1.807) is 18.3 Å². The second-order valence-corrected chi connectivity index (χ2v) is 6.97. The highest BCUT2D eigenvalue weighted by atomic mass is 19.1. The van der Waals surface area contributed by atoms with E-state index >= 15 is 0 Å². The van der Waals surface area contributed by atoms with E-state index in [4.69, 9.17) is 0 Å². The summed E-state index contributed by atoms with van der Waals surface area (Å²) in [6.07, 6.45) is 6.53. The first kappa shape index (κ1) is 17.5. The Labute approximate surface area is 158 Å². The van der Waals surface area contributed by atoms with Gasteiger partial charge >= 0.3 is 0 Å². The van der Waals surface area contributed by atoms with Crippen LogP contribution in [0.4, 0.5) is 4.39 Å². The fourth-order valence-electron chi connectivity index (χ4n) is 3.78. The zero-order valence-corrected chi connectivity index (χ0v) is 15.1. The van der Waals surface area contributed by atoms with Crippen LogP contribution in [-0.4, -0.2) is 27.1 Å². The molecular weight excluding hydrogens is 341 g/mol. The Kier molecular flexibility index (Phi) is 5.01. The normalized spacial score (nSPS) is 17.1. The summed E-state index contributed by atoms with van der Waals surface area (Å²) in [5, 5.41) is 4.22. The van der Waals surface area contributed by atoms with Crippen LogP contribution in [0.15, 0.2) is 67.0 Å². The molecule has 5 heteroatoms. The van der Waals surface area contributed by atoms with Crippen LogP contribution >= 0.6 is 0 Å². The summed E-state index contributed by atoms with van der Waals surface area (Å²) in [4.78, 5) is 15.1. The number of amides is 1. The van der Waals surface area contributed by atoms with E-state index in [1.165, 1.54) is 6.07 Å². The van der Waals surface area contributed by atoms with Gasteiger partial charge in [-0.2, -0.15) is 5.10 Å². The van der Waals surface area contributed by atoms with Crippen LogP contribution in [0, 0.1) is 5.82 Å². The molecule has 2 heterocycles. The molecule has 1 fully saturated rings. The van der Waals surface area contributed by atoms with Crippen molar-refractivity contribution in [2.45, 2.75) is 31.8 Å². The van der Waals surface area contributed by atoms with Gasteiger partial charge in [-0.15, -0.1) is 0 Å². The topological polar surface area (TPSA) is 38.1 Å². The van der Waals surface area contributed by atoms with E-state index in [0.29, 0.717) is 18.7 Å². The second kappa shape index (κ2) is 7.74. The maximum absolute atomic E-state index is 13.7. The quantitative estimate of drug-likeness (QED) is 0.687. The molecule has 27 heavy (non-hydrogen) atoms. The summed E-state index contributed by atoms with van der Waals surface area (Å²) < 4.78 is 15.5. The molecule has 4 rings (SSSR count). The molecular formula is C22H22FN3O. The third kappa shape index (κ3) is 3.92. The molecule has 1 atom stereocenters. The highest BCUT2D eigenvalue weighted by Crippen LogP contribution is 2.32. The highest BCUT2D eigenvalue weighted by molar-refractivity contribution is 5.94. The van der Waals surface area contributed by atoms with Crippen molar-refractivity contribution in [2.24, 2.45) is 0 Å². The van der Waals surface area contributed by atoms with Crippen molar-refractivity contribution in [1.82, 2.24) is 14.7 Å². The summed E-state index contributed by atoms with van der Waals surface area (Å²) in [5.74, 6) is -0.252. The molecule has 2 aromatic carbocycles.